The number of ether oxygens (including phenoxy) is 5. The van der Waals surface area contributed by atoms with E-state index in [4.69, 9.17) is 18.9 Å². The Morgan fingerprint density at radius 3 is 2.18 bits per heavy atom. The molecule has 0 saturated heterocycles. The molecule has 17 heteroatoms. The summed E-state index contributed by atoms with van der Waals surface area (Å²) >= 11 is 0.663. The molecule has 8 nitrogen and oxygen atoms in total. The van der Waals surface area contributed by atoms with E-state index < -0.39 is 58.0 Å². The molecule has 0 aromatic heterocycles. The molecule has 0 aliphatic heterocycles. The van der Waals surface area contributed by atoms with Crippen molar-refractivity contribution in [3.63, 3.8) is 0 Å². The lowest BCUT2D eigenvalue weighted by atomic mass is 10.1. The van der Waals surface area contributed by atoms with Crippen molar-refractivity contribution in [2.24, 2.45) is 0 Å². The minimum atomic E-state index is -5.87. The Morgan fingerprint density at radius 2 is 1.51 bits per heavy atom. The summed E-state index contributed by atoms with van der Waals surface area (Å²) < 4.78 is 131. The smallest absolute Gasteiger partial charge is 0.458 e. The molecule has 0 unspecified atom stereocenters. The van der Waals surface area contributed by atoms with Crippen molar-refractivity contribution in [1.29, 1.82) is 0 Å². The molecule has 0 spiro atoms. The molecule has 0 fully saturated rings. The Morgan fingerprint density at radius 1 is 0.800 bits per heavy atom. The molecule has 0 heterocycles. The number of fused-ring (bicyclic) bond motifs is 1. The Bertz CT molecular complexity index is 2090. The van der Waals surface area contributed by atoms with Gasteiger partial charge in [0.1, 0.15) is 17.1 Å². The molecule has 0 radical (unpaired) electrons. The minimum absolute atomic E-state index is 0.0214. The number of benzene rings is 4. The molecule has 0 saturated carbocycles. The van der Waals surface area contributed by atoms with Crippen molar-refractivity contribution in [3.8, 4) is 23.0 Å². The van der Waals surface area contributed by atoms with Crippen LogP contribution in [0.1, 0.15) is 34.8 Å². The van der Waals surface area contributed by atoms with Crippen LogP contribution in [0.2, 0.25) is 0 Å². The second-order valence-electron chi connectivity index (χ2n) is 11.2. The van der Waals surface area contributed by atoms with E-state index in [1.54, 1.807) is 30.3 Å². The van der Waals surface area contributed by atoms with Crippen molar-refractivity contribution in [1.82, 2.24) is 0 Å². The summed E-state index contributed by atoms with van der Waals surface area (Å²) in [7, 11) is 1.30. The maximum Gasteiger partial charge on any atom is 0.458 e. The molecule has 4 rings (SSSR count). The van der Waals surface area contributed by atoms with Gasteiger partial charge in [-0.3, -0.25) is 0 Å². The van der Waals surface area contributed by atoms with Gasteiger partial charge in [-0.25, -0.2) is 14.4 Å². The summed E-state index contributed by atoms with van der Waals surface area (Å²) in [5.41, 5.74) is -2.41. The standard InChI is InChI=1S/C38H30F8O8S/c1-4-55-33-28(36(39,40)38(44,45)46)7-5-8-30(33)53-32(47)16-10-23-9-15-29(31(19-23)50-3)54-35(49)26-12-11-25-21-27(14-13-24(25)20-26)51-17-6-18-52-34(48)22(2)37(41,42)43/h5,7-16,19-21H,2,4,6,17-18H2,1,3H3/b16-10+. The number of hydrogen-bond acceptors (Lipinski definition) is 9. The van der Waals surface area contributed by atoms with Gasteiger partial charge in [0.05, 0.1) is 30.8 Å². The minimum Gasteiger partial charge on any atom is -0.493 e. The number of alkyl halides is 8. The first-order chi connectivity index (χ1) is 25.8. The normalized spacial score (nSPS) is 12.0. The van der Waals surface area contributed by atoms with E-state index in [0.717, 1.165) is 18.2 Å². The van der Waals surface area contributed by atoms with E-state index in [-0.39, 0.29) is 42.4 Å². The topological polar surface area (TPSA) is 97.4 Å². The van der Waals surface area contributed by atoms with Crippen LogP contribution in [-0.4, -0.2) is 56.3 Å². The van der Waals surface area contributed by atoms with Gasteiger partial charge < -0.3 is 23.7 Å². The predicted octanol–water partition coefficient (Wildman–Crippen LogP) is 9.88. The number of thioether (sulfide) groups is 1. The Kier molecular flexibility index (Phi) is 13.6. The molecule has 292 valence electrons. The van der Waals surface area contributed by atoms with Crippen LogP contribution in [0, 0.1) is 0 Å². The van der Waals surface area contributed by atoms with Crippen LogP contribution in [-0.2, 0) is 20.2 Å². The molecule has 0 N–H and O–H groups in total. The predicted molar refractivity (Wildman–Crippen MR) is 186 cm³/mol. The Labute approximate surface area is 312 Å². The lowest BCUT2D eigenvalue weighted by molar-refractivity contribution is -0.290. The molecule has 0 aliphatic carbocycles. The lowest BCUT2D eigenvalue weighted by Crippen LogP contribution is -2.34. The number of carbonyl (C=O) groups is 3. The van der Waals surface area contributed by atoms with Gasteiger partial charge in [0.15, 0.2) is 11.5 Å². The third-order valence-corrected chi connectivity index (χ3v) is 8.40. The molecule has 0 atom stereocenters. The highest BCUT2D eigenvalue weighted by Crippen LogP contribution is 2.49. The number of halogens is 8. The summed E-state index contributed by atoms with van der Waals surface area (Å²) in [5.74, 6) is -8.37. The maximum atomic E-state index is 14.2. The summed E-state index contributed by atoms with van der Waals surface area (Å²) in [6.45, 7) is 3.93. The van der Waals surface area contributed by atoms with Crippen LogP contribution in [0.15, 0.2) is 95.9 Å². The van der Waals surface area contributed by atoms with Crippen LogP contribution in [0.5, 0.6) is 23.0 Å². The highest BCUT2D eigenvalue weighted by atomic mass is 32.2. The molecule has 0 amide bonds. The molecule has 0 bridgehead atoms. The second kappa shape index (κ2) is 17.7. The highest BCUT2D eigenvalue weighted by molar-refractivity contribution is 7.99. The van der Waals surface area contributed by atoms with E-state index in [1.165, 1.54) is 44.4 Å². The quantitative estimate of drug-likeness (QED) is 0.0291. The van der Waals surface area contributed by atoms with Gasteiger partial charge >= 0.3 is 36.2 Å². The number of rotatable bonds is 15. The van der Waals surface area contributed by atoms with Crippen LogP contribution in [0.25, 0.3) is 16.8 Å². The zero-order valence-corrected chi connectivity index (χ0v) is 29.6. The summed E-state index contributed by atoms with van der Waals surface area (Å²) in [6.07, 6.45) is -8.44. The van der Waals surface area contributed by atoms with Crippen LogP contribution < -0.4 is 18.9 Å². The molecular formula is C38H30F8O8S. The SMILES string of the molecule is C=C(C(=O)OCCCOc1ccc2cc(C(=O)Oc3ccc(/C=C/C(=O)Oc4cccc(C(F)(F)C(F)(F)F)c4SCC)cc3OC)ccc2c1)C(F)(F)F. The Hall–Kier alpha value is -5.58. The fraction of sp³-hybridized carbons (Fsp3) is 0.237. The summed E-state index contributed by atoms with van der Waals surface area (Å²) in [5, 5.41) is 1.32. The fourth-order valence-corrected chi connectivity index (χ4v) is 5.58. The third-order valence-electron chi connectivity index (χ3n) is 7.40. The zero-order chi connectivity index (χ0) is 40.6. The van der Waals surface area contributed by atoms with Crippen LogP contribution in [0.3, 0.4) is 0 Å². The van der Waals surface area contributed by atoms with Crippen molar-refractivity contribution in [3.05, 3.63) is 108 Å². The molecule has 55 heavy (non-hydrogen) atoms. The average Bonchev–Trinajstić information content (AvgIpc) is 3.13. The summed E-state index contributed by atoms with van der Waals surface area (Å²) in [4.78, 5) is 36.5. The van der Waals surface area contributed by atoms with Gasteiger partial charge in [-0.05, 0) is 70.6 Å². The van der Waals surface area contributed by atoms with Crippen molar-refractivity contribution in [2.45, 2.75) is 36.5 Å². The second-order valence-corrected chi connectivity index (χ2v) is 12.5. The van der Waals surface area contributed by atoms with Gasteiger partial charge in [0.25, 0.3) is 0 Å². The monoisotopic (exact) mass is 798 g/mol. The molecule has 0 aliphatic rings. The van der Waals surface area contributed by atoms with Crippen LogP contribution in [0.4, 0.5) is 35.1 Å². The number of esters is 3. The van der Waals surface area contributed by atoms with Crippen LogP contribution >= 0.6 is 11.8 Å². The van der Waals surface area contributed by atoms with Gasteiger partial charge in [-0.2, -0.15) is 35.1 Å². The van der Waals surface area contributed by atoms with Gasteiger partial charge in [0, 0.05) is 18.1 Å². The van der Waals surface area contributed by atoms with Crippen molar-refractivity contribution < 1.29 is 73.2 Å². The first-order valence-electron chi connectivity index (χ1n) is 16.0. The number of methoxy groups -OCH3 is 1. The first-order valence-corrected chi connectivity index (χ1v) is 16.9. The zero-order valence-electron chi connectivity index (χ0n) is 28.8. The Balaban J connectivity index is 1.37. The van der Waals surface area contributed by atoms with Gasteiger partial charge in [0.2, 0.25) is 0 Å². The third kappa shape index (κ3) is 10.8. The van der Waals surface area contributed by atoms with E-state index in [1.807, 2.05) is 0 Å². The fourth-order valence-electron chi connectivity index (χ4n) is 4.68. The van der Waals surface area contributed by atoms with E-state index in [9.17, 15) is 49.5 Å². The summed E-state index contributed by atoms with van der Waals surface area (Å²) in [6, 6.07) is 16.6. The lowest BCUT2D eigenvalue weighted by Gasteiger charge is -2.23. The highest BCUT2D eigenvalue weighted by Gasteiger charge is 2.60. The van der Waals surface area contributed by atoms with Crippen molar-refractivity contribution in [2.75, 3.05) is 26.1 Å². The van der Waals surface area contributed by atoms with Gasteiger partial charge in [-0.1, -0.05) is 43.8 Å². The van der Waals surface area contributed by atoms with Gasteiger partial charge in [-0.15, -0.1) is 11.8 Å². The maximum absolute atomic E-state index is 14.2. The van der Waals surface area contributed by atoms with E-state index in [2.05, 4.69) is 11.3 Å². The number of hydrogen-bond donors (Lipinski definition) is 0. The number of carbonyl (C=O) groups excluding carboxylic acids is 3. The van der Waals surface area contributed by atoms with E-state index >= 15 is 0 Å². The average molecular weight is 799 g/mol. The molecular weight excluding hydrogens is 768 g/mol. The first kappa shape index (κ1) is 42.2. The van der Waals surface area contributed by atoms with Crippen molar-refractivity contribution >= 4 is 46.5 Å². The molecule has 4 aromatic rings. The van der Waals surface area contributed by atoms with E-state index in [0.29, 0.717) is 39.9 Å². The molecule has 4 aromatic carbocycles. The largest absolute Gasteiger partial charge is 0.493 e.